The number of benzene rings is 1. The van der Waals surface area contributed by atoms with Gasteiger partial charge in [0.2, 0.25) is 0 Å². The van der Waals surface area contributed by atoms with Gasteiger partial charge >= 0.3 is 12.4 Å². The highest BCUT2D eigenvalue weighted by Crippen LogP contribution is 2.41. The van der Waals surface area contributed by atoms with Crippen molar-refractivity contribution in [3.05, 3.63) is 24.3 Å². The van der Waals surface area contributed by atoms with Crippen molar-refractivity contribution in [3.63, 3.8) is 0 Å². The molecular formula is C13H9F6N3O2. The Morgan fingerprint density at radius 1 is 0.958 bits per heavy atom. The maximum absolute atomic E-state index is 12.4. The Morgan fingerprint density at radius 2 is 1.42 bits per heavy atom. The fourth-order valence-electron chi connectivity index (χ4n) is 1.93. The van der Waals surface area contributed by atoms with Gasteiger partial charge < -0.3 is 0 Å². The summed E-state index contributed by atoms with van der Waals surface area (Å²) < 4.78 is 74.3. The lowest BCUT2D eigenvalue weighted by Crippen LogP contribution is -2.38. The SMILES string of the molecule is O=C(CC(=O)n1nc2ccccc2n1)CC(C(F)(F)F)C(F)(F)F. The number of fused-ring (bicyclic) bond motifs is 1. The molecule has 0 bridgehead atoms. The zero-order valence-electron chi connectivity index (χ0n) is 11.7. The minimum atomic E-state index is -5.63. The van der Waals surface area contributed by atoms with Crippen LogP contribution in [0.3, 0.4) is 0 Å². The molecule has 1 aromatic heterocycles. The van der Waals surface area contributed by atoms with Crippen molar-refractivity contribution in [1.82, 2.24) is 15.0 Å². The van der Waals surface area contributed by atoms with Crippen LogP contribution in [0.25, 0.3) is 11.0 Å². The molecule has 0 aliphatic carbocycles. The van der Waals surface area contributed by atoms with Gasteiger partial charge in [0, 0.05) is 6.42 Å². The molecule has 130 valence electrons. The number of ketones is 1. The number of carbonyl (C=O) groups excluding carboxylic acids is 2. The van der Waals surface area contributed by atoms with Crippen LogP contribution < -0.4 is 0 Å². The van der Waals surface area contributed by atoms with E-state index in [2.05, 4.69) is 10.2 Å². The predicted octanol–water partition coefficient (Wildman–Crippen LogP) is 3.16. The molecule has 0 amide bonds. The summed E-state index contributed by atoms with van der Waals surface area (Å²) >= 11 is 0. The topological polar surface area (TPSA) is 64.8 Å². The average molecular weight is 353 g/mol. The molecule has 0 aliphatic heterocycles. The quantitative estimate of drug-likeness (QED) is 0.626. The molecule has 2 aromatic rings. The Morgan fingerprint density at radius 3 is 1.83 bits per heavy atom. The molecule has 0 spiro atoms. The van der Waals surface area contributed by atoms with Crippen LogP contribution in [0, 0.1) is 5.92 Å². The van der Waals surface area contributed by atoms with Crippen molar-refractivity contribution in [3.8, 4) is 0 Å². The maximum Gasteiger partial charge on any atom is 0.400 e. The highest BCUT2D eigenvalue weighted by Gasteiger charge is 2.57. The van der Waals surface area contributed by atoms with Gasteiger partial charge in [-0.1, -0.05) is 12.1 Å². The zero-order valence-corrected chi connectivity index (χ0v) is 11.7. The summed E-state index contributed by atoms with van der Waals surface area (Å²) in [6.45, 7) is 0. The summed E-state index contributed by atoms with van der Waals surface area (Å²) in [4.78, 5) is 23.7. The largest absolute Gasteiger partial charge is 0.400 e. The summed E-state index contributed by atoms with van der Waals surface area (Å²) in [5.41, 5.74) is 0.587. The summed E-state index contributed by atoms with van der Waals surface area (Å²) in [5, 5.41) is 7.40. The van der Waals surface area contributed by atoms with E-state index in [9.17, 15) is 35.9 Å². The number of rotatable bonds is 4. The maximum atomic E-state index is 12.4. The van der Waals surface area contributed by atoms with Crippen LogP contribution in [-0.2, 0) is 4.79 Å². The lowest BCUT2D eigenvalue weighted by Gasteiger charge is -2.21. The second-order valence-electron chi connectivity index (χ2n) is 4.93. The first-order chi connectivity index (χ1) is 11.0. The predicted molar refractivity (Wildman–Crippen MR) is 68.0 cm³/mol. The van der Waals surface area contributed by atoms with Crippen molar-refractivity contribution in [2.45, 2.75) is 25.2 Å². The second kappa shape index (κ2) is 6.21. The Bertz CT molecular complexity index is 718. The highest BCUT2D eigenvalue weighted by molar-refractivity contribution is 5.99. The van der Waals surface area contributed by atoms with Crippen LogP contribution in [0.4, 0.5) is 26.3 Å². The highest BCUT2D eigenvalue weighted by atomic mass is 19.4. The number of alkyl halides is 6. The molecule has 1 heterocycles. The van der Waals surface area contributed by atoms with E-state index in [0.717, 1.165) is 0 Å². The van der Waals surface area contributed by atoms with Gasteiger partial charge in [0.15, 0.2) is 5.92 Å². The van der Waals surface area contributed by atoms with E-state index in [1.807, 2.05) is 0 Å². The van der Waals surface area contributed by atoms with Crippen molar-refractivity contribution in [2.75, 3.05) is 0 Å². The molecule has 1 aromatic carbocycles. The van der Waals surface area contributed by atoms with E-state index in [4.69, 9.17) is 0 Å². The molecule has 0 aliphatic rings. The van der Waals surface area contributed by atoms with Crippen LogP contribution in [0.1, 0.15) is 17.6 Å². The fraction of sp³-hybridized carbons (Fsp3) is 0.385. The van der Waals surface area contributed by atoms with Gasteiger partial charge in [-0.15, -0.1) is 15.0 Å². The smallest absolute Gasteiger partial charge is 0.299 e. The lowest BCUT2D eigenvalue weighted by molar-refractivity contribution is -0.284. The van der Waals surface area contributed by atoms with Gasteiger partial charge in [-0.2, -0.15) is 26.3 Å². The summed E-state index contributed by atoms with van der Waals surface area (Å²) in [6, 6.07) is 6.18. The Kier molecular flexibility index (Phi) is 4.63. The first kappa shape index (κ1) is 17.9. The number of nitrogens with zero attached hydrogens (tertiary/aromatic N) is 3. The zero-order chi connectivity index (χ0) is 18.1. The monoisotopic (exact) mass is 353 g/mol. The van der Waals surface area contributed by atoms with Crippen LogP contribution in [0.5, 0.6) is 0 Å². The van der Waals surface area contributed by atoms with E-state index in [1.54, 1.807) is 12.1 Å². The Labute approximate surface area is 130 Å². The van der Waals surface area contributed by atoms with E-state index in [1.165, 1.54) is 12.1 Å². The second-order valence-corrected chi connectivity index (χ2v) is 4.93. The van der Waals surface area contributed by atoms with Gasteiger partial charge in [-0.3, -0.25) is 9.59 Å². The molecule has 0 saturated carbocycles. The van der Waals surface area contributed by atoms with Crippen LogP contribution in [0.2, 0.25) is 0 Å². The average Bonchev–Trinajstić information content (AvgIpc) is 2.86. The third-order valence-corrected chi connectivity index (χ3v) is 3.08. The first-order valence-electron chi connectivity index (χ1n) is 6.49. The Hall–Kier alpha value is -2.46. The van der Waals surface area contributed by atoms with Crippen molar-refractivity contribution in [1.29, 1.82) is 0 Å². The van der Waals surface area contributed by atoms with E-state index in [-0.39, 0.29) is 0 Å². The van der Waals surface area contributed by atoms with Crippen LogP contribution in [-0.4, -0.2) is 39.0 Å². The molecule has 0 unspecified atom stereocenters. The van der Waals surface area contributed by atoms with Crippen LogP contribution >= 0.6 is 0 Å². The molecule has 0 radical (unpaired) electrons. The van der Waals surface area contributed by atoms with Gasteiger partial charge in [0.25, 0.3) is 5.91 Å². The fourth-order valence-corrected chi connectivity index (χ4v) is 1.93. The molecule has 5 nitrogen and oxygen atoms in total. The molecule has 0 atom stereocenters. The molecule has 0 N–H and O–H groups in total. The minimum Gasteiger partial charge on any atom is -0.299 e. The number of Topliss-reactive ketones (excluding diaryl/α,β-unsaturated/α-hetero) is 1. The van der Waals surface area contributed by atoms with Crippen molar-refractivity contribution >= 4 is 22.7 Å². The normalized spacial score (nSPS) is 12.8. The van der Waals surface area contributed by atoms with E-state index >= 15 is 0 Å². The first-order valence-corrected chi connectivity index (χ1v) is 6.49. The molecular weight excluding hydrogens is 344 g/mol. The summed E-state index contributed by atoms with van der Waals surface area (Å²) in [6.07, 6.45) is -14.3. The van der Waals surface area contributed by atoms with E-state index < -0.39 is 42.8 Å². The number of carbonyl (C=O) groups is 2. The molecule has 11 heteroatoms. The number of hydrogen-bond donors (Lipinski definition) is 0. The third kappa shape index (κ3) is 4.09. The van der Waals surface area contributed by atoms with Crippen LogP contribution in [0.15, 0.2) is 24.3 Å². The van der Waals surface area contributed by atoms with Gasteiger partial charge in [-0.05, 0) is 12.1 Å². The van der Waals surface area contributed by atoms with E-state index in [0.29, 0.717) is 15.8 Å². The van der Waals surface area contributed by atoms with Gasteiger partial charge in [0.05, 0.1) is 6.42 Å². The van der Waals surface area contributed by atoms with Crippen molar-refractivity contribution < 1.29 is 35.9 Å². The van der Waals surface area contributed by atoms with Crippen molar-refractivity contribution in [2.24, 2.45) is 5.92 Å². The Balaban J connectivity index is 2.09. The molecule has 0 saturated heterocycles. The third-order valence-electron chi connectivity index (χ3n) is 3.08. The lowest BCUT2D eigenvalue weighted by atomic mass is 9.99. The standard InChI is InChI=1S/C13H9F6N3O2/c14-12(15,16)10(13(17,18)19)5-7(23)6-11(24)22-20-8-3-1-2-4-9(8)21-22/h1-4,10H,5-6H2. The summed E-state index contributed by atoms with van der Waals surface area (Å²) in [5.74, 6) is -6.42. The molecule has 2 rings (SSSR count). The van der Waals surface area contributed by atoms with Gasteiger partial charge in [-0.25, -0.2) is 0 Å². The molecule has 24 heavy (non-hydrogen) atoms. The number of hydrogen-bond acceptors (Lipinski definition) is 4. The number of aromatic nitrogens is 3. The number of halogens is 6. The van der Waals surface area contributed by atoms with Gasteiger partial charge in [0.1, 0.15) is 16.8 Å². The molecule has 0 fully saturated rings. The summed E-state index contributed by atoms with van der Waals surface area (Å²) in [7, 11) is 0. The minimum absolute atomic E-state index is 0.293.